The summed E-state index contributed by atoms with van der Waals surface area (Å²) >= 11 is 1.49. The number of rotatable bonds is 5. The zero-order valence-electron chi connectivity index (χ0n) is 15.8. The SMILES string of the molecule is COC1C=CC(Cn2c(=O)n3ncnc3c3cc(CN4CC(O)C4)sc32)=C(F)C1. The van der Waals surface area contributed by atoms with Crippen molar-refractivity contribution in [3.05, 3.63) is 51.3 Å². The molecular weight excluding hydrogens is 397 g/mol. The highest BCUT2D eigenvalue weighted by Crippen LogP contribution is 2.30. The first-order valence-corrected chi connectivity index (χ1v) is 10.2. The number of likely N-dealkylation sites (tertiary alicyclic amines) is 1. The molecule has 1 saturated heterocycles. The van der Waals surface area contributed by atoms with Gasteiger partial charge in [-0.15, -0.1) is 11.3 Å². The molecule has 1 aliphatic carbocycles. The molecule has 1 N–H and O–H groups in total. The van der Waals surface area contributed by atoms with E-state index in [4.69, 9.17) is 4.74 Å². The summed E-state index contributed by atoms with van der Waals surface area (Å²) in [7, 11) is 1.55. The zero-order chi connectivity index (χ0) is 20.1. The molecular formula is C19H20FN5O3S. The van der Waals surface area contributed by atoms with Crippen LogP contribution in [0.15, 0.2) is 40.7 Å². The van der Waals surface area contributed by atoms with Gasteiger partial charge in [-0.05, 0) is 6.07 Å². The van der Waals surface area contributed by atoms with E-state index in [2.05, 4.69) is 15.0 Å². The summed E-state index contributed by atoms with van der Waals surface area (Å²) in [5.41, 5.74) is 0.614. The maximum atomic E-state index is 14.6. The Morgan fingerprint density at radius 2 is 2.21 bits per heavy atom. The van der Waals surface area contributed by atoms with E-state index >= 15 is 0 Å². The number of thiophene rings is 1. The topological polar surface area (TPSA) is 84.9 Å². The van der Waals surface area contributed by atoms with Crippen molar-refractivity contribution in [3.8, 4) is 0 Å². The lowest BCUT2D eigenvalue weighted by molar-refractivity contribution is -0.00227. The summed E-state index contributed by atoms with van der Waals surface area (Å²) in [4.78, 5) is 21.2. The number of allylic oxidation sites excluding steroid dienone is 2. The van der Waals surface area contributed by atoms with Crippen LogP contribution in [-0.2, 0) is 17.8 Å². The van der Waals surface area contributed by atoms with E-state index in [9.17, 15) is 14.3 Å². The van der Waals surface area contributed by atoms with Crippen molar-refractivity contribution in [1.29, 1.82) is 0 Å². The van der Waals surface area contributed by atoms with E-state index in [-0.39, 0.29) is 36.7 Å². The summed E-state index contributed by atoms with van der Waals surface area (Å²) in [6.45, 7) is 2.10. The van der Waals surface area contributed by atoms with Gasteiger partial charge >= 0.3 is 5.69 Å². The van der Waals surface area contributed by atoms with Gasteiger partial charge in [0.1, 0.15) is 17.0 Å². The Hall–Kier alpha value is -2.40. The highest BCUT2D eigenvalue weighted by Gasteiger charge is 2.26. The Bertz CT molecular complexity index is 1200. The van der Waals surface area contributed by atoms with Crippen LogP contribution in [-0.4, -0.2) is 61.6 Å². The summed E-state index contributed by atoms with van der Waals surface area (Å²) in [5, 5.41) is 14.4. The van der Waals surface area contributed by atoms with Gasteiger partial charge < -0.3 is 9.84 Å². The molecule has 5 rings (SSSR count). The highest BCUT2D eigenvalue weighted by molar-refractivity contribution is 7.18. The van der Waals surface area contributed by atoms with Crippen LogP contribution < -0.4 is 5.69 Å². The first kappa shape index (κ1) is 18.6. The molecule has 1 atom stereocenters. The van der Waals surface area contributed by atoms with E-state index in [1.54, 1.807) is 17.8 Å². The third-order valence-corrected chi connectivity index (χ3v) is 6.54. The van der Waals surface area contributed by atoms with Gasteiger partial charge in [-0.2, -0.15) is 9.61 Å². The number of halogens is 1. The lowest BCUT2D eigenvalue weighted by Gasteiger charge is -2.35. The minimum atomic E-state index is -0.347. The van der Waals surface area contributed by atoms with Crippen LogP contribution in [0.5, 0.6) is 0 Å². The fourth-order valence-electron chi connectivity index (χ4n) is 3.83. The van der Waals surface area contributed by atoms with E-state index in [0.29, 0.717) is 30.9 Å². The number of fused-ring (bicyclic) bond motifs is 3. The molecule has 0 saturated carbocycles. The van der Waals surface area contributed by atoms with Crippen LogP contribution in [0.25, 0.3) is 15.9 Å². The first-order chi connectivity index (χ1) is 14.0. The normalized spacial score (nSPS) is 20.9. The van der Waals surface area contributed by atoms with Gasteiger partial charge in [0.05, 0.1) is 24.1 Å². The molecule has 3 aromatic heterocycles. The molecule has 1 unspecified atom stereocenters. The predicted octanol–water partition coefficient (Wildman–Crippen LogP) is 1.48. The van der Waals surface area contributed by atoms with Crippen LogP contribution in [0, 0.1) is 0 Å². The molecule has 0 aromatic carbocycles. The lowest BCUT2D eigenvalue weighted by Crippen LogP contribution is -2.49. The minimum Gasteiger partial charge on any atom is -0.390 e. The number of nitrogens with zero attached hydrogens (tertiary/aromatic N) is 5. The summed E-state index contributed by atoms with van der Waals surface area (Å²) in [5.74, 6) is -0.274. The molecule has 1 fully saturated rings. The molecule has 0 radical (unpaired) electrons. The van der Waals surface area contributed by atoms with Crippen LogP contribution in [0.2, 0.25) is 0 Å². The molecule has 3 aromatic rings. The van der Waals surface area contributed by atoms with Crippen LogP contribution >= 0.6 is 11.3 Å². The molecule has 4 heterocycles. The second-order valence-electron chi connectivity index (χ2n) is 7.41. The fourth-order valence-corrected chi connectivity index (χ4v) is 5.01. The Morgan fingerprint density at radius 1 is 1.38 bits per heavy atom. The van der Waals surface area contributed by atoms with Gasteiger partial charge in [0.25, 0.3) is 0 Å². The largest absolute Gasteiger partial charge is 0.390 e. The molecule has 2 aliphatic rings. The maximum absolute atomic E-state index is 14.6. The molecule has 29 heavy (non-hydrogen) atoms. The number of aliphatic hydroxyl groups excluding tert-OH is 1. The standard InChI is InChI=1S/C19H20FN5O3S/c1-28-13-3-2-11(16(20)4-13)6-24-18-15(17-21-10-22-25(17)19(24)27)5-14(29-18)9-23-7-12(26)8-23/h2-3,5,10,12-13,26H,4,6-9H2,1H3. The third kappa shape index (κ3) is 3.21. The second kappa shape index (κ2) is 7.13. The highest BCUT2D eigenvalue weighted by atomic mass is 32.1. The van der Waals surface area contributed by atoms with Crippen molar-refractivity contribution in [2.24, 2.45) is 0 Å². The number of aliphatic hydroxyl groups is 1. The smallest absolute Gasteiger partial charge is 0.352 e. The molecule has 0 bridgehead atoms. The monoisotopic (exact) mass is 417 g/mol. The Labute approximate surface area is 169 Å². The van der Waals surface area contributed by atoms with Crippen molar-refractivity contribution < 1.29 is 14.2 Å². The van der Waals surface area contributed by atoms with Crippen molar-refractivity contribution in [3.63, 3.8) is 0 Å². The average Bonchev–Trinajstić information content (AvgIpc) is 3.32. The Kier molecular flexibility index (Phi) is 4.58. The van der Waals surface area contributed by atoms with Gasteiger partial charge in [-0.1, -0.05) is 12.2 Å². The summed E-state index contributed by atoms with van der Waals surface area (Å²) in [6, 6.07) is 2.01. The number of aromatic nitrogens is 4. The summed E-state index contributed by atoms with van der Waals surface area (Å²) < 4.78 is 22.6. The van der Waals surface area contributed by atoms with E-state index in [1.165, 1.54) is 22.2 Å². The van der Waals surface area contributed by atoms with Gasteiger partial charge in [-0.3, -0.25) is 9.47 Å². The van der Waals surface area contributed by atoms with Crippen LogP contribution in [0.3, 0.4) is 0 Å². The van der Waals surface area contributed by atoms with Crippen molar-refractivity contribution in [1.82, 2.24) is 24.1 Å². The van der Waals surface area contributed by atoms with Gasteiger partial charge in [-0.25, -0.2) is 14.2 Å². The number of β-amino-alcohol motifs (C(OH)–C–C–N with tert-alkyl or cyclic N) is 1. The van der Waals surface area contributed by atoms with E-state index in [0.717, 1.165) is 15.1 Å². The van der Waals surface area contributed by atoms with Gasteiger partial charge in [0.2, 0.25) is 0 Å². The van der Waals surface area contributed by atoms with Crippen LogP contribution in [0.1, 0.15) is 11.3 Å². The molecule has 10 heteroatoms. The molecule has 0 amide bonds. The zero-order valence-corrected chi connectivity index (χ0v) is 16.6. The quantitative estimate of drug-likeness (QED) is 0.677. The first-order valence-electron chi connectivity index (χ1n) is 9.37. The van der Waals surface area contributed by atoms with E-state index in [1.807, 2.05) is 12.1 Å². The number of hydrogen-bond donors (Lipinski definition) is 1. The number of methoxy groups -OCH3 is 1. The predicted molar refractivity (Wildman–Crippen MR) is 107 cm³/mol. The molecule has 0 spiro atoms. The molecule has 8 nitrogen and oxygen atoms in total. The van der Waals surface area contributed by atoms with Crippen molar-refractivity contribution >= 4 is 27.2 Å². The lowest BCUT2D eigenvalue weighted by atomic mass is 10.0. The Morgan fingerprint density at radius 3 is 2.93 bits per heavy atom. The Balaban J connectivity index is 1.58. The molecule has 1 aliphatic heterocycles. The van der Waals surface area contributed by atoms with Gasteiger partial charge in [0, 0.05) is 43.6 Å². The maximum Gasteiger partial charge on any atom is 0.352 e. The van der Waals surface area contributed by atoms with E-state index < -0.39 is 0 Å². The van der Waals surface area contributed by atoms with Crippen molar-refractivity contribution in [2.45, 2.75) is 31.7 Å². The second-order valence-corrected chi connectivity index (χ2v) is 8.53. The summed E-state index contributed by atoms with van der Waals surface area (Å²) in [6.07, 6.45) is 4.46. The number of hydrogen-bond acceptors (Lipinski definition) is 7. The van der Waals surface area contributed by atoms with Crippen molar-refractivity contribution in [2.75, 3.05) is 20.2 Å². The average molecular weight is 417 g/mol. The number of ether oxygens (including phenoxy) is 1. The molecule has 152 valence electrons. The van der Waals surface area contributed by atoms with Crippen LogP contribution in [0.4, 0.5) is 4.39 Å². The fraction of sp³-hybridized carbons (Fsp3) is 0.421. The van der Waals surface area contributed by atoms with Gasteiger partial charge in [0.15, 0.2) is 5.65 Å². The minimum absolute atomic E-state index is 0.117. The third-order valence-electron chi connectivity index (χ3n) is 5.40.